The van der Waals surface area contributed by atoms with E-state index in [-0.39, 0.29) is 5.91 Å². The van der Waals surface area contributed by atoms with Crippen LogP contribution in [0.15, 0.2) is 18.2 Å². The summed E-state index contributed by atoms with van der Waals surface area (Å²) in [6.07, 6.45) is 0.508. The number of aliphatic carboxylic acids is 1. The summed E-state index contributed by atoms with van der Waals surface area (Å²) in [5, 5.41) is 9.13. The zero-order valence-electron chi connectivity index (χ0n) is 14.0. The largest absolute Gasteiger partial charge is 0.480 e. The van der Waals surface area contributed by atoms with Crippen LogP contribution >= 0.6 is 0 Å². The van der Waals surface area contributed by atoms with Crippen LogP contribution in [0, 0.1) is 0 Å². The van der Waals surface area contributed by atoms with Crippen LogP contribution in [0.2, 0.25) is 0 Å². The number of carbonyl (C=O) groups is 2. The van der Waals surface area contributed by atoms with Gasteiger partial charge in [0.25, 0.3) is 5.91 Å². The molecular weight excluding hydrogens is 324 g/mol. The molecule has 0 aliphatic carbocycles. The van der Waals surface area contributed by atoms with Crippen LogP contribution in [0.1, 0.15) is 16.8 Å². The van der Waals surface area contributed by atoms with Gasteiger partial charge in [0.15, 0.2) is 0 Å². The molecule has 1 N–H and O–H groups in total. The van der Waals surface area contributed by atoms with Crippen LogP contribution in [-0.2, 0) is 16.6 Å². The highest BCUT2D eigenvalue weighted by atomic mass is 16.5. The van der Waals surface area contributed by atoms with Crippen LogP contribution in [-0.4, -0.2) is 70.3 Å². The summed E-state index contributed by atoms with van der Waals surface area (Å²) in [6, 6.07) is 4.65. The number of ether oxygens (including phenoxy) is 1. The minimum absolute atomic E-state index is 0.251. The average Bonchev–Trinajstić information content (AvgIpc) is 2.90. The second-order valence-electron chi connectivity index (χ2n) is 6.41. The Hall–Kier alpha value is -2.61. The Bertz CT molecular complexity index is 841. The van der Waals surface area contributed by atoms with Gasteiger partial charge in [0.2, 0.25) is 5.95 Å². The van der Waals surface area contributed by atoms with E-state index in [1.54, 1.807) is 12.1 Å². The number of amides is 1. The topological polar surface area (TPSA) is 87.9 Å². The number of fused-ring (bicyclic) bond motifs is 1. The average molecular weight is 344 g/mol. The molecule has 1 aromatic heterocycles. The van der Waals surface area contributed by atoms with E-state index in [2.05, 4.69) is 9.88 Å². The first kappa shape index (κ1) is 15.9. The van der Waals surface area contributed by atoms with E-state index in [0.717, 1.165) is 30.1 Å². The Labute approximate surface area is 144 Å². The second-order valence-corrected chi connectivity index (χ2v) is 6.41. The van der Waals surface area contributed by atoms with Crippen molar-refractivity contribution >= 4 is 28.9 Å². The number of benzene rings is 1. The molecule has 8 nitrogen and oxygen atoms in total. The summed E-state index contributed by atoms with van der Waals surface area (Å²) >= 11 is 0. The fourth-order valence-corrected chi connectivity index (χ4v) is 3.42. The predicted molar refractivity (Wildman–Crippen MR) is 90.8 cm³/mol. The van der Waals surface area contributed by atoms with Crippen molar-refractivity contribution in [2.45, 2.75) is 12.5 Å². The minimum Gasteiger partial charge on any atom is -0.480 e. The number of carboxylic acid groups (broad SMARTS) is 1. The Morgan fingerprint density at radius 1 is 1.24 bits per heavy atom. The molecule has 0 spiro atoms. The van der Waals surface area contributed by atoms with Crippen molar-refractivity contribution in [3.63, 3.8) is 0 Å². The molecule has 0 saturated carbocycles. The maximum absolute atomic E-state index is 12.6. The third-order valence-electron chi connectivity index (χ3n) is 4.96. The highest BCUT2D eigenvalue weighted by Gasteiger charge is 2.38. The van der Waals surface area contributed by atoms with E-state index in [1.807, 2.05) is 17.7 Å². The number of likely N-dealkylation sites (tertiary alicyclic amines) is 1. The summed E-state index contributed by atoms with van der Waals surface area (Å²) in [5.41, 5.74) is 2.16. The lowest BCUT2D eigenvalue weighted by atomic mass is 10.0. The van der Waals surface area contributed by atoms with Crippen molar-refractivity contribution in [1.29, 1.82) is 0 Å². The highest BCUT2D eigenvalue weighted by Crippen LogP contribution is 2.26. The van der Waals surface area contributed by atoms with E-state index in [1.165, 1.54) is 4.90 Å². The van der Waals surface area contributed by atoms with Crippen molar-refractivity contribution in [2.75, 3.05) is 37.7 Å². The number of carbonyl (C=O) groups excluding carboxylic acids is 1. The number of anilines is 1. The number of rotatable bonds is 3. The van der Waals surface area contributed by atoms with Crippen molar-refractivity contribution in [3.05, 3.63) is 23.8 Å². The summed E-state index contributed by atoms with van der Waals surface area (Å²) in [4.78, 5) is 32.0. The van der Waals surface area contributed by atoms with Gasteiger partial charge in [-0.1, -0.05) is 0 Å². The van der Waals surface area contributed by atoms with E-state index in [9.17, 15) is 9.59 Å². The summed E-state index contributed by atoms with van der Waals surface area (Å²) in [6.45, 7) is 3.42. The van der Waals surface area contributed by atoms with E-state index in [4.69, 9.17) is 9.84 Å². The predicted octanol–water partition coefficient (Wildman–Crippen LogP) is 0.709. The quantitative estimate of drug-likeness (QED) is 0.882. The summed E-state index contributed by atoms with van der Waals surface area (Å²) in [5.74, 6) is -0.345. The monoisotopic (exact) mass is 344 g/mol. The smallest absolute Gasteiger partial charge is 0.326 e. The molecular formula is C17H20N4O4. The van der Waals surface area contributed by atoms with Crippen LogP contribution in [0.4, 0.5) is 5.95 Å². The maximum Gasteiger partial charge on any atom is 0.326 e. The first-order valence-electron chi connectivity index (χ1n) is 8.39. The molecule has 0 unspecified atom stereocenters. The maximum atomic E-state index is 12.6. The first-order valence-corrected chi connectivity index (χ1v) is 8.39. The Kier molecular flexibility index (Phi) is 3.84. The number of morpholine rings is 1. The number of aryl methyl sites for hydroxylation is 1. The fourth-order valence-electron chi connectivity index (χ4n) is 3.42. The molecule has 3 heterocycles. The van der Waals surface area contributed by atoms with Gasteiger partial charge in [-0.05, 0) is 24.6 Å². The number of aromatic nitrogens is 2. The Balaban J connectivity index is 1.64. The summed E-state index contributed by atoms with van der Waals surface area (Å²) in [7, 11) is 1.96. The minimum atomic E-state index is -0.951. The number of hydrogen-bond donors (Lipinski definition) is 1. The number of carboxylic acids is 1. The molecule has 4 rings (SSSR count). The molecule has 2 aromatic rings. The Morgan fingerprint density at radius 3 is 2.64 bits per heavy atom. The normalized spacial score (nSPS) is 20.6. The molecule has 1 aromatic carbocycles. The van der Waals surface area contributed by atoms with E-state index >= 15 is 0 Å². The van der Waals surface area contributed by atoms with Gasteiger partial charge in [0.1, 0.15) is 6.04 Å². The van der Waals surface area contributed by atoms with Gasteiger partial charge in [-0.25, -0.2) is 9.78 Å². The van der Waals surface area contributed by atoms with Gasteiger partial charge >= 0.3 is 5.97 Å². The molecule has 1 amide bonds. The van der Waals surface area contributed by atoms with Gasteiger partial charge in [-0.15, -0.1) is 0 Å². The van der Waals surface area contributed by atoms with Gasteiger partial charge in [-0.2, -0.15) is 0 Å². The second kappa shape index (κ2) is 6.03. The van der Waals surface area contributed by atoms with Crippen LogP contribution < -0.4 is 4.90 Å². The van der Waals surface area contributed by atoms with Crippen molar-refractivity contribution in [3.8, 4) is 0 Å². The van der Waals surface area contributed by atoms with Crippen molar-refractivity contribution in [1.82, 2.24) is 14.5 Å². The summed E-state index contributed by atoms with van der Waals surface area (Å²) < 4.78 is 7.40. The lowest BCUT2D eigenvalue weighted by molar-refractivity contribution is -0.146. The molecule has 2 aliphatic rings. The Morgan fingerprint density at radius 2 is 2.00 bits per heavy atom. The van der Waals surface area contributed by atoms with Crippen LogP contribution in [0.5, 0.6) is 0 Å². The fraction of sp³-hybridized carbons (Fsp3) is 0.471. The SMILES string of the molecule is Cn1c(N2CCOCC2)nc2cc(C(=O)N3CC[C@H]3C(=O)O)ccc21. The number of nitrogens with zero attached hydrogens (tertiary/aromatic N) is 4. The molecule has 1 atom stereocenters. The zero-order chi connectivity index (χ0) is 17.6. The number of imidazole rings is 1. The molecule has 132 valence electrons. The third kappa shape index (κ3) is 2.62. The molecule has 25 heavy (non-hydrogen) atoms. The molecule has 2 fully saturated rings. The van der Waals surface area contributed by atoms with Crippen molar-refractivity contribution in [2.24, 2.45) is 7.05 Å². The van der Waals surface area contributed by atoms with Crippen LogP contribution in [0.25, 0.3) is 11.0 Å². The lowest BCUT2D eigenvalue weighted by Crippen LogP contribution is -2.55. The van der Waals surface area contributed by atoms with Gasteiger partial charge < -0.3 is 24.2 Å². The first-order chi connectivity index (χ1) is 12.1. The van der Waals surface area contributed by atoms with Crippen LogP contribution in [0.3, 0.4) is 0 Å². The van der Waals surface area contributed by atoms with Crippen molar-refractivity contribution < 1.29 is 19.4 Å². The van der Waals surface area contributed by atoms with E-state index < -0.39 is 12.0 Å². The van der Waals surface area contributed by atoms with E-state index in [0.29, 0.717) is 31.7 Å². The molecule has 0 radical (unpaired) electrons. The van der Waals surface area contributed by atoms with Gasteiger partial charge in [0.05, 0.1) is 24.2 Å². The zero-order valence-corrected chi connectivity index (χ0v) is 14.0. The molecule has 8 heteroatoms. The van der Waals surface area contributed by atoms with Gasteiger partial charge in [-0.3, -0.25) is 4.79 Å². The van der Waals surface area contributed by atoms with Gasteiger partial charge in [0, 0.05) is 32.2 Å². The molecule has 2 saturated heterocycles. The highest BCUT2D eigenvalue weighted by molar-refractivity contribution is 6.00. The third-order valence-corrected chi connectivity index (χ3v) is 4.96. The standard InChI is InChI=1S/C17H20N4O4/c1-19-13-3-2-11(15(22)21-5-4-14(21)16(23)24)10-12(13)18-17(19)20-6-8-25-9-7-20/h2-3,10,14H,4-9H2,1H3,(H,23,24)/t14-/m0/s1. The molecule has 2 aliphatic heterocycles. The molecule has 0 bridgehead atoms. The number of hydrogen-bond acceptors (Lipinski definition) is 5. The lowest BCUT2D eigenvalue weighted by Gasteiger charge is -2.37.